The summed E-state index contributed by atoms with van der Waals surface area (Å²) in [6, 6.07) is 2.95. The third kappa shape index (κ3) is 1.44. The van der Waals surface area contributed by atoms with Gasteiger partial charge in [-0.15, -0.1) is 0 Å². The lowest BCUT2D eigenvalue weighted by atomic mass is 10.2. The molecule has 0 radical (unpaired) electrons. The van der Waals surface area contributed by atoms with Gasteiger partial charge in [0.25, 0.3) is 0 Å². The van der Waals surface area contributed by atoms with E-state index >= 15 is 0 Å². The fourth-order valence-corrected chi connectivity index (χ4v) is 1.49. The van der Waals surface area contributed by atoms with Gasteiger partial charge in [-0.3, -0.25) is 0 Å². The summed E-state index contributed by atoms with van der Waals surface area (Å²) in [5.74, 6) is -0.0308. The van der Waals surface area contributed by atoms with E-state index in [9.17, 15) is 4.39 Å². The van der Waals surface area contributed by atoms with Crippen LogP contribution in [0.15, 0.2) is 12.1 Å². The van der Waals surface area contributed by atoms with Crippen molar-refractivity contribution in [3.8, 4) is 5.75 Å². The fraction of sp³-hybridized carbons (Fsp3) is 0.333. The highest BCUT2D eigenvalue weighted by Gasteiger charge is 2.20. The molecule has 0 saturated carbocycles. The van der Waals surface area contributed by atoms with Gasteiger partial charge in [0.05, 0.1) is 12.2 Å². The van der Waals surface area contributed by atoms with E-state index in [0.717, 1.165) is 12.2 Å². The van der Waals surface area contributed by atoms with Gasteiger partial charge < -0.3 is 10.1 Å². The number of rotatable bonds is 0. The Balaban J connectivity index is 2.48. The zero-order valence-electron chi connectivity index (χ0n) is 7.10. The van der Waals surface area contributed by atoms with Crippen LogP contribution < -0.4 is 10.1 Å². The highest BCUT2D eigenvalue weighted by molar-refractivity contribution is 6.32. The molecule has 0 amide bonds. The number of nitrogens with one attached hydrogen (secondary N) is 1. The molecule has 0 aliphatic carbocycles. The van der Waals surface area contributed by atoms with E-state index in [0.29, 0.717) is 5.75 Å². The van der Waals surface area contributed by atoms with Gasteiger partial charge in [-0.1, -0.05) is 11.6 Å². The van der Waals surface area contributed by atoms with Crippen LogP contribution in [0.5, 0.6) is 5.75 Å². The second-order valence-corrected chi connectivity index (χ2v) is 3.43. The summed E-state index contributed by atoms with van der Waals surface area (Å²) in [4.78, 5) is 0. The Labute approximate surface area is 80.7 Å². The molecular formula is C9H9ClFNO. The number of ether oxygens (including phenoxy) is 1. The Morgan fingerprint density at radius 2 is 2.38 bits per heavy atom. The zero-order chi connectivity index (χ0) is 9.42. The SMILES string of the molecule is C[C@@H]1CNc2ccc(F)c(Cl)c2O1. The summed E-state index contributed by atoms with van der Waals surface area (Å²) in [5, 5.41) is 3.16. The first-order valence-corrected chi connectivity index (χ1v) is 4.45. The van der Waals surface area contributed by atoms with Crippen LogP contribution in [0.4, 0.5) is 10.1 Å². The van der Waals surface area contributed by atoms with E-state index in [1.165, 1.54) is 6.07 Å². The largest absolute Gasteiger partial charge is 0.485 e. The maximum Gasteiger partial charge on any atom is 0.164 e. The molecule has 1 atom stereocenters. The fourth-order valence-electron chi connectivity index (χ4n) is 1.28. The third-order valence-electron chi connectivity index (χ3n) is 1.95. The number of anilines is 1. The molecule has 2 nitrogen and oxygen atoms in total. The van der Waals surface area contributed by atoms with Gasteiger partial charge in [0, 0.05) is 0 Å². The summed E-state index contributed by atoms with van der Waals surface area (Å²) in [6.07, 6.45) is 0.0202. The van der Waals surface area contributed by atoms with E-state index in [-0.39, 0.29) is 11.1 Å². The molecular weight excluding hydrogens is 193 g/mol. The van der Waals surface area contributed by atoms with Crippen molar-refractivity contribution in [3.05, 3.63) is 23.0 Å². The molecule has 0 bridgehead atoms. The first kappa shape index (κ1) is 8.63. The molecule has 1 aromatic carbocycles. The Kier molecular flexibility index (Phi) is 2.04. The van der Waals surface area contributed by atoms with Crippen molar-refractivity contribution in [2.24, 2.45) is 0 Å². The van der Waals surface area contributed by atoms with Crippen molar-refractivity contribution >= 4 is 17.3 Å². The Morgan fingerprint density at radius 1 is 1.62 bits per heavy atom. The minimum absolute atomic E-state index is 0.0202. The van der Waals surface area contributed by atoms with E-state index in [4.69, 9.17) is 16.3 Å². The van der Waals surface area contributed by atoms with E-state index in [1.54, 1.807) is 6.07 Å². The van der Waals surface area contributed by atoms with Crippen LogP contribution >= 0.6 is 11.6 Å². The third-order valence-corrected chi connectivity index (χ3v) is 2.30. The van der Waals surface area contributed by atoms with Crippen molar-refractivity contribution in [2.75, 3.05) is 11.9 Å². The van der Waals surface area contributed by atoms with Gasteiger partial charge in [-0.2, -0.15) is 0 Å². The van der Waals surface area contributed by atoms with Crippen molar-refractivity contribution < 1.29 is 9.13 Å². The number of fused-ring (bicyclic) bond motifs is 1. The summed E-state index contributed by atoms with van der Waals surface area (Å²) in [5.41, 5.74) is 0.754. The minimum atomic E-state index is -0.448. The molecule has 4 heteroatoms. The van der Waals surface area contributed by atoms with E-state index in [1.807, 2.05) is 6.92 Å². The first-order chi connectivity index (χ1) is 6.18. The molecule has 0 unspecified atom stereocenters. The second-order valence-electron chi connectivity index (χ2n) is 3.05. The lowest BCUT2D eigenvalue weighted by molar-refractivity contribution is 0.225. The predicted molar refractivity (Wildman–Crippen MR) is 50.0 cm³/mol. The molecule has 1 aliphatic heterocycles. The van der Waals surface area contributed by atoms with Crippen molar-refractivity contribution in [3.63, 3.8) is 0 Å². The van der Waals surface area contributed by atoms with Crippen molar-refractivity contribution in [1.29, 1.82) is 0 Å². The van der Waals surface area contributed by atoms with Crippen LogP contribution in [-0.2, 0) is 0 Å². The van der Waals surface area contributed by atoms with Gasteiger partial charge in [-0.05, 0) is 19.1 Å². The molecule has 1 aliphatic rings. The highest BCUT2D eigenvalue weighted by Crippen LogP contribution is 2.37. The van der Waals surface area contributed by atoms with Crippen LogP contribution in [0.2, 0.25) is 5.02 Å². The Morgan fingerprint density at radius 3 is 3.15 bits per heavy atom. The summed E-state index contributed by atoms with van der Waals surface area (Å²) in [7, 11) is 0. The van der Waals surface area contributed by atoms with Crippen molar-refractivity contribution in [2.45, 2.75) is 13.0 Å². The topological polar surface area (TPSA) is 21.3 Å². The maximum absolute atomic E-state index is 13.0. The van der Waals surface area contributed by atoms with E-state index in [2.05, 4.69) is 5.32 Å². The molecule has 0 spiro atoms. The van der Waals surface area contributed by atoms with Gasteiger partial charge in [0.1, 0.15) is 16.9 Å². The van der Waals surface area contributed by atoms with Gasteiger partial charge in [0.15, 0.2) is 5.75 Å². The average Bonchev–Trinajstić information content (AvgIpc) is 2.12. The smallest absolute Gasteiger partial charge is 0.164 e. The van der Waals surface area contributed by atoms with Crippen LogP contribution in [0.3, 0.4) is 0 Å². The van der Waals surface area contributed by atoms with Crippen LogP contribution in [-0.4, -0.2) is 12.6 Å². The van der Waals surface area contributed by atoms with E-state index < -0.39 is 5.82 Å². The van der Waals surface area contributed by atoms with Gasteiger partial charge in [-0.25, -0.2) is 4.39 Å². The van der Waals surface area contributed by atoms with Gasteiger partial charge >= 0.3 is 0 Å². The molecule has 1 heterocycles. The predicted octanol–water partition coefficient (Wildman–Crippen LogP) is 2.67. The zero-order valence-corrected chi connectivity index (χ0v) is 7.86. The normalized spacial score (nSPS) is 20.1. The molecule has 70 valence electrons. The lowest BCUT2D eigenvalue weighted by Gasteiger charge is -2.25. The quantitative estimate of drug-likeness (QED) is 0.697. The van der Waals surface area contributed by atoms with Crippen molar-refractivity contribution in [1.82, 2.24) is 0 Å². The highest BCUT2D eigenvalue weighted by atomic mass is 35.5. The number of hydrogen-bond acceptors (Lipinski definition) is 2. The van der Waals surface area contributed by atoms with Crippen LogP contribution in [0.25, 0.3) is 0 Å². The number of hydrogen-bond donors (Lipinski definition) is 1. The minimum Gasteiger partial charge on any atom is -0.485 e. The number of benzene rings is 1. The summed E-state index contributed by atoms with van der Waals surface area (Å²) in [6.45, 7) is 2.62. The summed E-state index contributed by atoms with van der Waals surface area (Å²) < 4.78 is 18.4. The standard InChI is InChI=1S/C9H9ClFNO/c1-5-4-12-7-3-2-6(11)8(10)9(7)13-5/h2-3,5,12H,4H2,1H3/t5-/m1/s1. The molecule has 0 saturated heterocycles. The lowest BCUT2D eigenvalue weighted by Crippen LogP contribution is -2.27. The Hall–Kier alpha value is -0.960. The van der Waals surface area contributed by atoms with Crippen LogP contribution in [0.1, 0.15) is 6.92 Å². The number of halogens is 2. The maximum atomic E-state index is 13.0. The molecule has 2 rings (SSSR count). The monoisotopic (exact) mass is 201 g/mol. The first-order valence-electron chi connectivity index (χ1n) is 4.07. The molecule has 13 heavy (non-hydrogen) atoms. The van der Waals surface area contributed by atoms with Gasteiger partial charge in [0.2, 0.25) is 0 Å². The molecule has 1 aromatic rings. The Bertz CT molecular complexity index is 343. The molecule has 0 fully saturated rings. The molecule has 1 N–H and O–H groups in total. The second kappa shape index (κ2) is 3.07. The molecule has 0 aromatic heterocycles. The van der Waals surface area contributed by atoms with Crippen LogP contribution in [0, 0.1) is 5.82 Å². The average molecular weight is 202 g/mol. The summed E-state index contributed by atoms with van der Waals surface area (Å²) >= 11 is 5.74.